The van der Waals surface area contributed by atoms with E-state index in [2.05, 4.69) is 10.1 Å². The molecule has 0 aliphatic rings. The lowest BCUT2D eigenvalue weighted by Gasteiger charge is -2.11. The Bertz CT molecular complexity index is 648. The van der Waals surface area contributed by atoms with Crippen LogP contribution in [-0.2, 0) is 11.3 Å². The molecule has 20 heavy (non-hydrogen) atoms. The summed E-state index contributed by atoms with van der Waals surface area (Å²) in [5.41, 5.74) is 7.46. The van der Waals surface area contributed by atoms with Gasteiger partial charge in [0, 0.05) is 12.5 Å². The summed E-state index contributed by atoms with van der Waals surface area (Å²) in [5.74, 6) is 0.221. The Balaban J connectivity index is 2.54. The number of aromatic nitrogens is 3. The number of rotatable bonds is 5. The predicted octanol–water partition coefficient (Wildman–Crippen LogP) is 1.72. The van der Waals surface area contributed by atoms with Crippen molar-refractivity contribution in [2.45, 2.75) is 26.3 Å². The minimum atomic E-state index is -0.170. The van der Waals surface area contributed by atoms with Crippen LogP contribution in [0.25, 0.3) is 11.3 Å². The highest BCUT2D eigenvalue weighted by atomic mass is 32.1. The van der Waals surface area contributed by atoms with Crippen LogP contribution in [0.2, 0.25) is 0 Å². The van der Waals surface area contributed by atoms with Crippen LogP contribution in [0.3, 0.4) is 0 Å². The Morgan fingerprint density at radius 3 is 2.80 bits per heavy atom. The highest BCUT2D eigenvalue weighted by Gasteiger charge is 2.14. The van der Waals surface area contributed by atoms with Crippen molar-refractivity contribution < 1.29 is 4.74 Å². The molecule has 0 saturated heterocycles. The van der Waals surface area contributed by atoms with Gasteiger partial charge in [0.2, 0.25) is 0 Å². The number of thiazole rings is 1. The summed E-state index contributed by atoms with van der Waals surface area (Å²) < 4.78 is 6.45. The average molecular weight is 294 g/mol. The first-order valence-corrected chi connectivity index (χ1v) is 7.23. The van der Waals surface area contributed by atoms with Crippen LogP contribution < -0.4 is 11.3 Å². The Hall–Kier alpha value is -1.73. The zero-order chi connectivity index (χ0) is 14.7. The van der Waals surface area contributed by atoms with Crippen molar-refractivity contribution in [3.05, 3.63) is 27.5 Å². The number of anilines is 1. The minimum absolute atomic E-state index is 0.170. The van der Waals surface area contributed by atoms with Crippen molar-refractivity contribution in [3.8, 4) is 11.3 Å². The van der Waals surface area contributed by atoms with E-state index in [9.17, 15) is 4.79 Å². The molecule has 6 nitrogen and oxygen atoms in total. The first kappa shape index (κ1) is 14.7. The van der Waals surface area contributed by atoms with Gasteiger partial charge in [-0.05, 0) is 12.0 Å². The Morgan fingerprint density at radius 2 is 2.25 bits per heavy atom. The molecule has 2 rings (SSSR count). The zero-order valence-corrected chi connectivity index (χ0v) is 12.6. The summed E-state index contributed by atoms with van der Waals surface area (Å²) in [6, 6.07) is 1.80. The fourth-order valence-corrected chi connectivity index (χ4v) is 2.33. The number of nitrogen functional groups attached to an aromatic ring is 1. The Kier molecular flexibility index (Phi) is 4.51. The molecule has 0 fully saturated rings. The molecule has 7 heteroatoms. The summed E-state index contributed by atoms with van der Waals surface area (Å²) in [7, 11) is 1.60. The van der Waals surface area contributed by atoms with Crippen LogP contribution in [0.5, 0.6) is 0 Å². The molecule has 0 bridgehead atoms. The van der Waals surface area contributed by atoms with E-state index < -0.39 is 0 Å². The summed E-state index contributed by atoms with van der Waals surface area (Å²) in [6.07, 6.45) is 0. The van der Waals surface area contributed by atoms with E-state index >= 15 is 0 Å². The smallest absolute Gasteiger partial charge is 0.276 e. The number of ether oxygens (including phenoxy) is 1. The summed E-state index contributed by atoms with van der Waals surface area (Å²) in [6.45, 7) is 4.93. The fourth-order valence-electron chi connectivity index (χ4n) is 1.77. The molecular formula is C13H18N4O2S. The van der Waals surface area contributed by atoms with Crippen molar-refractivity contribution in [1.82, 2.24) is 14.8 Å². The van der Waals surface area contributed by atoms with Gasteiger partial charge in [-0.15, -0.1) is 11.3 Å². The standard InChI is InChI=1S/C13H18N4O2S/c1-8(2)10-6-9(11-7-20-13(14)15-11)12(18)17(16-10)4-5-19-3/h6-8H,4-5H2,1-3H3,(H2,14,15). The fraction of sp³-hybridized carbons (Fsp3) is 0.462. The lowest BCUT2D eigenvalue weighted by molar-refractivity contribution is 0.181. The van der Waals surface area contributed by atoms with Gasteiger partial charge in [0.05, 0.1) is 30.1 Å². The highest BCUT2D eigenvalue weighted by Crippen LogP contribution is 2.22. The van der Waals surface area contributed by atoms with Gasteiger partial charge in [0.15, 0.2) is 5.13 Å². The summed E-state index contributed by atoms with van der Waals surface area (Å²) >= 11 is 1.32. The van der Waals surface area contributed by atoms with Gasteiger partial charge in [-0.2, -0.15) is 5.10 Å². The van der Waals surface area contributed by atoms with Crippen LogP contribution >= 0.6 is 11.3 Å². The molecule has 0 spiro atoms. The van der Waals surface area contributed by atoms with Gasteiger partial charge in [-0.3, -0.25) is 4.79 Å². The molecule has 0 unspecified atom stereocenters. The van der Waals surface area contributed by atoms with Crippen molar-refractivity contribution >= 4 is 16.5 Å². The van der Waals surface area contributed by atoms with Crippen molar-refractivity contribution in [2.75, 3.05) is 19.5 Å². The molecule has 0 aliphatic heterocycles. The Morgan fingerprint density at radius 1 is 1.50 bits per heavy atom. The zero-order valence-electron chi connectivity index (χ0n) is 11.8. The van der Waals surface area contributed by atoms with E-state index in [1.165, 1.54) is 16.0 Å². The largest absolute Gasteiger partial charge is 0.383 e. The number of hydrogen-bond donors (Lipinski definition) is 1. The lowest BCUT2D eigenvalue weighted by Crippen LogP contribution is -2.27. The van der Waals surface area contributed by atoms with E-state index in [-0.39, 0.29) is 11.5 Å². The van der Waals surface area contributed by atoms with Gasteiger partial charge in [-0.1, -0.05) is 13.8 Å². The number of nitrogens with zero attached hydrogens (tertiary/aromatic N) is 3. The average Bonchev–Trinajstić information content (AvgIpc) is 2.83. The van der Waals surface area contributed by atoms with Gasteiger partial charge < -0.3 is 10.5 Å². The lowest BCUT2D eigenvalue weighted by atomic mass is 10.1. The first-order valence-electron chi connectivity index (χ1n) is 6.35. The van der Waals surface area contributed by atoms with Crippen LogP contribution in [0.4, 0.5) is 5.13 Å². The van der Waals surface area contributed by atoms with Gasteiger partial charge in [0.25, 0.3) is 5.56 Å². The molecule has 2 N–H and O–H groups in total. The first-order chi connectivity index (χ1) is 9.52. The maximum Gasteiger partial charge on any atom is 0.276 e. The maximum atomic E-state index is 12.4. The second kappa shape index (κ2) is 6.15. The molecule has 0 radical (unpaired) electrons. The monoisotopic (exact) mass is 294 g/mol. The van der Waals surface area contributed by atoms with Gasteiger partial charge in [-0.25, -0.2) is 9.67 Å². The van der Waals surface area contributed by atoms with Crippen LogP contribution in [0, 0.1) is 0 Å². The minimum Gasteiger partial charge on any atom is -0.383 e. The Labute approximate surface area is 121 Å². The normalized spacial score (nSPS) is 11.2. The molecule has 0 atom stereocenters. The van der Waals surface area contributed by atoms with E-state index in [4.69, 9.17) is 10.5 Å². The summed E-state index contributed by atoms with van der Waals surface area (Å²) in [4.78, 5) is 16.6. The second-order valence-corrected chi connectivity index (χ2v) is 5.62. The van der Waals surface area contributed by atoms with Crippen molar-refractivity contribution in [1.29, 1.82) is 0 Å². The SMILES string of the molecule is COCCn1nc(C(C)C)cc(-c2csc(N)n2)c1=O. The van der Waals surface area contributed by atoms with Crippen molar-refractivity contribution in [3.63, 3.8) is 0 Å². The third-order valence-corrected chi connectivity index (χ3v) is 3.56. The number of nitrogens with two attached hydrogens (primary N) is 1. The molecule has 2 aromatic heterocycles. The van der Waals surface area contributed by atoms with Crippen LogP contribution in [-0.4, -0.2) is 28.5 Å². The molecule has 0 amide bonds. The van der Waals surface area contributed by atoms with E-state index in [1.807, 2.05) is 13.8 Å². The van der Waals surface area contributed by atoms with E-state index in [0.717, 1.165) is 5.69 Å². The second-order valence-electron chi connectivity index (χ2n) is 4.73. The number of methoxy groups -OCH3 is 1. The quantitative estimate of drug-likeness (QED) is 0.907. The van der Waals surface area contributed by atoms with Crippen molar-refractivity contribution in [2.24, 2.45) is 0 Å². The molecule has 0 aliphatic carbocycles. The molecule has 2 aromatic rings. The molecule has 0 saturated carbocycles. The molecule has 108 valence electrons. The number of hydrogen-bond acceptors (Lipinski definition) is 6. The molecule has 2 heterocycles. The third-order valence-electron chi connectivity index (χ3n) is 2.89. The van der Waals surface area contributed by atoms with E-state index in [0.29, 0.717) is 29.5 Å². The van der Waals surface area contributed by atoms with Crippen LogP contribution in [0.1, 0.15) is 25.5 Å². The van der Waals surface area contributed by atoms with Crippen LogP contribution in [0.15, 0.2) is 16.2 Å². The van der Waals surface area contributed by atoms with Gasteiger partial charge >= 0.3 is 0 Å². The van der Waals surface area contributed by atoms with E-state index in [1.54, 1.807) is 18.6 Å². The molecule has 0 aromatic carbocycles. The highest BCUT2D eigenvalue weighted by molar-refractivity contribution is 7.13. The molecular weight excluding hydrogens is 276 g/mol. The van der Waals surface area contributed by atoms with Gasteiger partial charge in [0.1, 0.15) is 0 Å². The summed E-state index contributed by atoms with van der Waals surface area (Å²) in [5, 5.41) is 6.61. The predicted molar refractivity (Wildman–Crippen MR) is 80.0 cm³/mol. The third kappa shape index (κ3) is 3.05. The maximum absolute atomic E-state index is 12.4. The topological polar surface area (TPSA) is 83.0 Å².